The molecule has 1 aliphatic heterocycles. The van der Waals surface area contributed by atoms with Crippen LogP contribution in [0.25, 0.3) is 0 Å². The lowest BCUT2D eigenvalue weighted by atomic mass is 9.52. The van der Waals surface area contributed by atoms with Crippen molar-refractivity contribution >= 4 is 5.78 Å². The number of epoxide rings is 1. The number of aliphatic hydroxyl groups excluding tert-OH is 1. The Labute approximate surface area is 103 Å². The first-order valence-corrected chi connectivity index (χ1v) is 6.80. The number of aliphatic hydroxyl groups is 1. The molecule has 5 atom stereocenters. The zero-order valence-electron chi connectivity index (χ0n) is 10.7. The van der Waals surface area contributed by atoms with Gasteiger partial charge in [-0.2, -0.15) is 0 Å². The van der Waals surface area contributed by atoms with Gasteiger partial charge in [0.15, 0.2) is 0 Å². The van der Waals surface area contributed by atoms with E-state index < -0.39 is 0 Å². The molecule has 3 heteroatoms. The van der Waals surface area contributed by atoms with Gasteiger partial charge in [-0.1, -0.05) is 6.92 Å². The van der Waals surface area contributed by atoms with Crippen molar-refractivity contribution in [1.29, 1.82) is 0 Å². The minimum atomic E-state index is -0.0224. The standard InChI is InChI=1S/C14H22O3/c1-13(8-15)7-9-10(13)5-6-14(2)12(17-14)4-3-11(9)16/h9-10,12,15H,3-8H2,1-2H3/t9-,10+,12+,13-,14-/m0/s1. The van der Waals surface area contributed by atoms with Gasteiger partial charge < -0.3 is 9.84 Å². The number of hydrogen-bond donors (Lipinski definition) is 1. The summed E-state index contributed by atoms with van der Waals surface area (Å²) in [5.74, 6) is 0.994. The minimum Gasteiger partial charge on any atom is -0.396 e. The molecule has 0 radical (unpaired) electrons. The Morgan fingerprint density at radius 3 is 2.88 bits per heavy atom. The molecule has 0 amide bonds. The van der Waals surface area contributed by atoms with Crippen molar-refractivity contribution in [3.05, 3.63) is 0 Å². The van der Waals surface area contributed by atoms with Crippen LogP contribution in [0.3, 0.4) is 0 Å². The molecular formula is C14H22O3. The third kappa shape index (κ3) is 1.66. The van der Waals surface area contributed by atoms with Crippen LogP contribution >= 0.6 is 0 Å². The Bertz CT molecular complexity index is 353. The second-order valence-electron chi connectivity index (χ2n) is 6.69. The number of ether oxygens (including phenoxy) is 1. The summed E-state index contributed by atoms with van der Waals surface area (Å²) >= 11 is 0. The van der Waals surface area contributed by atoms with Gasteiger partial charge in [-0.25, -0.2) is 0 Å². The predicted molar refractivity (Wildman–Crippen MR) is 63.5 cm³/mol. The van der Waals surface area contributed by atoms with E-state index in [1.807, 2.05) is 0 Å². The molecule has 3 aliphatic rings. The van der Waals surface area contributed by atoms with E-state index >= 15 is 0 Å². The van der Waals surface area contributed by atoms with Crippen molar-refractivity contribution in [3.63, 3.8) is 0 Å². The highest BCUT2D eigenvalue weighted by molar-refractivity contribution is 5.82. The molecule has 17 heavy (non-hydrogen) atoms. The van der Waals surface area contributed by atoms with Gasteiger partial charge in [0.25, 0.3) is 0 Å². The molecule has 1 N–H and O–H groups in total. The fraction of sp³-hybridized carbons (Fsp3) is 0.929. The average molecular weight is 238 g/mol. The van der Waals surface area contributed by atoms with Crippen LogP contribution in [0.1, 0.15) is 46.0 Å². The molecule has 3 rings (SSSR count). The Hall–Kier alpha value is -0.410. The van der Waals surface area contributed by atoms with Crippen molar-refractivity contribution in [2.45, 2.75) is 57.7 Å². The Balaban J connectivity index is 1.77. The second-order valence-corrected chi connectivity index (χ2v) is 6.69. The van der Waals surface area contributed by atoms with E-state index in [4.69, 9.17) is 4.74 Å². The van der Waals surface area contributed by atoms with Gasteiger partial charge in [-0.3, -0.25) is 4.79 Å². The van der Waals surface area contributed by atoms with Crippen LogP contribution < -0.4 is 0 Å². The summed E-state index contributed by atoms with van der Waals surface area (Å²) < 4.78 is 5.72. The van der Waals surface area contributed by atoms with Gasteiger partial charge in [-0.05, 0) is 43.9 Å². The number of hydrogen-bond acceptors (Lipinski definition) is 3. The summed E-state index contributed by atoms with van der Waals surface area (Å²) in [6.07, 6.45) is 4.83. The first-order valence-electron chi connectivity index (χ1n) is 6.80. The predicted octanol–water partition coefficient (Wildman–Crippen LogP) is 1.92. The van der Waals surface area contributed by atoms with Crippen molar-refractivity contribution in [2.75, 3.05) is 6.61 Å². The largest absolute Gasteiger partial charge is 0.396 e. The Morgan fingerprint density at radius 2 is 2.18 bits per heavy atom. The van der Waals surface area contributed by atoms with E-state index in [-0.39, 0.29) is 23.5 Å². The van der Waals surface area contributed by atoms with Crippen molar-refractivity contribution < 1.29 is 14.6 Å². The zero-order chi connectivity index (χ0) is 12.3. The van der Waals surface area contributed by atoms with E-state index in [1.54, 1.807) is 0 Å². The smallest absolute Gasteiger partial charge is 0.136 e. The summed E-state index contributed by atoms with van der Waals surface area (Å²) in [5, 5.41) is 9.50. The molecule has 3 fully saturated rings. The molecule has 1 heterocycles. The number of rotatable bonds is 1. The highest BCUT2D eigenvalue weighted by Gasteiger charge is 2.58. The van der Waals surface area contributed by atoms with Gasteiger partial charge in [0.1, 0.15) is 5.78 Å². The number of ketones is 1. The third-order valence-electron chi connectivity index (χ3n) is 5.48. The van der Waals surface area contributed by atoms with Crippen LogP contribution in [0.15, 0.2) is 0 Å². The van der Waals surface area contributed by atoms with E-state index in [0.717, 1.165) is 25.7 Å². The molecule has 1 saturated heterocycles. The summed E-state index contributed by atoms with van der Waals surface area (Å²) in [7, 11) is 0. The van der Waals surface area contributed by atoms with Crippen molar-refractivity contribution in [2.24, 2.45) is 17.3 Å². The van der Waals surface area contributed by atoms with Crippen LogP contribution in [-0.2, 0) is 9.53 Å². The first-order chi connectivity index (χ1) is 7.98. The summed E-state index contributed by atoms with van der Waals surface area (Å²) in [6.45, 7) is 4.49. The molecule has 0 unspecified atom stereocenters. The molecule has 0 spiro atoms. The number of fused-ring (bicyclic) bond motifs is 2. The van der Waals surface area contributed by atoms with E-state index in [0.29, 0.717) is 24.2 Å². The number of Topliss-reactive ketones (excluding diaryl/α,β-unsaturated/α-hetero) is 1. The lowest BCUT2D eigenvalue weighted by Crippen LogP contribution is -2.51. The van der Waals surface area contributed by atoms with Gasteiger partial charge in [0, 0.05) is 18.9 Å². The fourth-order valence-corrected chi connectivity index (χ4v) is 3.97. The van der Waals surface area contributed by atoms with Gasteiger partial charge in [0.2, 0.25) is 0 Å². The molecule has 0 aromatic heterocycles. The van der Waals surface area contributed by atoms with Gasteiger partial charge >= 0.3 is 0 Å². The maximum Gasteiger partial charge on any atom is 0.136 e. The van der Waals surface area contributed by atoms with Crippen LogP contribution in [-0.4, -0.2) is 29.2 Å². The fourth-order valence-electron chi connectivity index (χ4n) is 3.97. The Morgan fingerprint density at radius 1 is 1.41 bits per heavy atom. The highest BCUT2D eigenvalue weighted by Crippen LogP contribution is 2.57. The summed E-state index contributed by atoms with van der Waals surface area (Å²) in [6, 6.07) is 0. The molecule has 96 valence electrons. The molecular weight excluding hydrogens is 216 g/mol. The lowest BCUT2D eigenvalue weighted by molar-refractivity contribution is -0.143. The quantitative estimate of drug-likeness (QED) is 0.710. The van der Waals surface area contributed by atoms with Crippen LogP contribution in [0.4, 0.5) is 0 Å². The molecule has 2 aliphatic carbocycles. The highest BCUT2D eigenvalue weighted by atomic mass is 16.6. The van der Waals surface area contributed by atoms with Crippen molar-refractivity contribution in [3.8, 4) is 0 Å². The van der Waals surface area contributed by atoms with E-state index in [1.165, 1.54) is 0 Å². The lowest BCUT2D eigenvalue weighted by Gasteiger charge is -2.52. The minimum absolute atomic E-state index is 0.0224. The maximum absolute atomic E-state index is 12.1. The zero-order valence-corrected chi connectivity index (χ0v) is 10.7. The molecule has 0 aromatic rings. The van der Waals surface area contributed by atoms with Crippen molar-refractivity contribution in [1.82, 2.24) is 0 Å². The van der Waals surface area contributed by atoms with Crippen LogP contribution in [0.2, 0.25) is 0 Å². The van der Waals surface area contributed by atoms with Gasteiger partial charge in [0.05, 0.1) is 11.7 Å². The summed E-state index contributed by atoms with van der Waals surface area (Å²) in [4.78, 5) is 12.1. The number of carbonyl (C=O) groups excluding carboxylic acids is 1. The second kappa shape index (κ2) is 3.55. The molecule has 0 bridgehead atoms. The average Bonchev–Trinajstić information content (AvgIpc) is 2.92. The molecule has 3 nitrogen and oxygen atoms in total. The van der Waals surface area contributed by atoms with Crippen LogP contribution in [0, 0.1) is 17.3 Å². The first kappa shape index (κ1) is 11.7. The van der Waals surface area contributed by atoms with E-state index in [9.17, 15) is 9.90 Å². The number of carbonyl (C=O) groups is 1. The third-order valence-corrected chi connectivity index (χ3v) is 5.48. The monoisotopic (exact) mass is 238 g/mol. The molecule has 0 aromatic carbocycles. The summed E-state index contributed by atoms with van der Waals surface area (Å²) in [5.41, 5.74) is 0.00649. The van der Waals surface area contributed by atoms with Crippen LogP contribution in [0.5, 0.6) is 0 Å². The normalized spacial score (nSPS) is 53.6. The maximum atomic E-state index is 12.1. The van der Waals surface area contributed by atoms with E-state index in [2.05, 4.69) is 13.8 Å². The SMILES string of the molecule is C[C@@]1(CO)C[C@@H]2C(=O)CC[C@H]3O[C@@]3(C)CC[C@H]21. The molecule has 2 saturated carbocycles. The topological polar surface area (TPSA) is 49.8 Å². The Kier molecular flexibility index (Phi) is 2.43. The van der Waals surface area contributed by atoms with Gasteiger partial charge in [-0.15, -0.1) is 0 Å².